The van der Waals surface area contributed by atoms with Crippen molar-refractivity contribution in [1.29, 1.82) is 0 Å². The molecule has 0 spiro atoms. The van der Waals surface area contributed by atoms with Crippen LogP contribution < -0.4 is 9.80 Å². The molecule has 2 N–H and O–H groups in total. The topological polar surface area (TPSA) is 52.0 Å². The average molecular weight is 286 g/mol. The highest BCUT2D eigenvalue weighted by molar-refractivity contribution is 6.31. The van der Waals surface area contributed by atoms with E-state index in [-0.39, 0.29) is 10.6 Å². The Balaban J connectivity index is 2.03. The molecule has 0 atom stereocenters. The Hall–Kier alpha value is -1.17. The Morgan fingerprint density at radius 2 is 1.89 bits per heavy atom. The van der Waals surface area contributed by atoms with E-state index in [0.717, 1.165) is 25.2 Å². The van der Waals surface area contributed by atoms with Gasteiger partial charge in [-0.3, -0.25) is 10.1 Å². The maximum atomic E-state index is 10.8. The maximum absolute atomic E-state index is 10.8. The zero-order valence-corrected chi connectivity index (χ0v) is 11.9. The Morgan fingerprint density at radius 1 is 1.26 bits per heavy atom. The number of likely N-dealkylation sites (N-methyl/N-ethyl adjacent to an activating group) is 1. The zero-order chi connectivity index (χ0) is 13.8. The van der Waals surface area contributed by atoms with Crippen LogP contribution in [0.3, 0.4) is 0 Å². The highest BCUT2D eigenvalue weighted by atomic mass is 35.5. The number of nitrogens with one attached hydrogen (secondary N) is 2. The summed E-state index contributed by atoms with van der Waals surface area (Å²) in [7, 11) is 0. The fraction of sp³-hybridized carbons (Fsp3) is 0.538. The summed E-state index contributed by atoms with van der Waals surface area (Å²) in [4.78, 5) is 13.5. The van der Waals surface area contributed by atoms with Crippen LogP contribution in [0.4, 0.5) is 5.69 Å². The number of nitrogens with zero attached hydrogens (tertiary/aromatic N) is 1. The summed E-state index contributed by atoms with van der Waals surface area (Å²) in [6, 6.07) is 4.69. The third-order valence-corrected chi connectivity index (χ3v) is 4.21. The van der Waals surface area contributed by atoms with Crippen LogP contribution in [0.25, 0.3) is 0 Å². The maximum Gasteiger partial charge on any atom is 0.270 e. The number of hydrogen-bond donors (Lipinski definition) is 2. The van der Waals surface area contributed by atoms with E-state index >= 15 is 0 Å². The van der Waals surface area contributed by atoms with Gasteiger partial charge in [-0.25, -0.2) is 0 Å². The molecule has 104 valence electrons. The smallest absolute Gasteiger partial charge is 0.270 e. The van der Waals surface area contributed by atoms with E-state index in [9.17, 15) is 10.1 Å². The van der Waals surface area contributed by atoms with Crippen molar-refractivity contribution in [3.05, 3.63) is 38.9 Å². The molecule has 6 heteroatoms. The van der Waals surface area contributed by atoms with E-state index < -0.39 is 0 Å². The second-order valence-electron chi connectivity index (χ2n) is 5.06. The van der Waals surface area contributed by atoms with Crippen molar-refractivity contribution in [2.75, 3.05) is 32.7 Å². The Labute approximate surface area is 117 Å². The lowest BCUT2D eigenvalue weighted by Crippen LogP contribution is -3.27. The predicted molar refractivity (Wildman–Crippen MR) is 73.7 cm³/mol. The molecule has 1 aliphatic heterocycles. The molecule has 0 amide bonds. The van der Waals surface area contributed by atoms with Gasteiger partial charge in [0.1, 0.15) is 32.7 Å². The number of rotatable bonds is 4. The van der Waals surface area contributed by atoms with Crippen LogP contribution in [0.1, 0.15) is 12.5 Å². The minimum atomic E-state index is -0.367. The van der Waals surface area contributed by atoms with Gasteiger partial charge in [0.15, 0.2) is 0 Å². The van der Waals surface area contributed by atoms with Crippen molar-refractivity contribution < 1.29 is 14.7 Å². The minimum absolute atomic E-state index is 0.122. The molecule has 1 fully saturated rings. The van der Waals surface area contributed by atoms with Crippen LogP contribution in [0.2, 0.25) is 5.02 Å². The average Bonchev–Trinajstić information content (AvgIpc) is 2.42. The number of piperazine rings is 1. The molecular weight excluding hydrogens is 266 g/mol. The highest BCUT2D eigenvalue weighted by Gasteiger charge is 2.23. The number of nitro groups is 1. The number of halogens is 1. The molecule has 1 saturated heterocycles. The number of non-ortho nitro benzene ring substituents is 1. The first-order chi connectivity index (χ1) is 9.10. The summed E-state index contributed by atoms with van der Waals surface area (Å²) >= 11 is 6.13. The first-order valence-electron chi connectivity index (χ1n) is 6.70. The molecule has 1 aromatic rings. The predicted octanol–water partition coefficient (Wildman–Crippen LogP) is -0.448. The molecule has 5 nitrogen and oxygen atoms in total. The molecular formula is C13H20ClN3O2+2. The van der Waals surface area contributed by atoms with E-state index in [1.54, 1.807) is 17.0 Å². The lowest BCUT2D eigenvalue weighted by Gasteiger charge is -2.29. The summed E-state index contributed by atoms with van der Waals surface area (Å²) in [5.74, 6) is 0. The van der Waals surface area contributed by atoms with Gasteiger partial charge in [-0.1, -0.05) is 11.6 Å². The van der Waals surface area contributed by atoms with Crippen molar-refractivity contribution in [3.8, 4) is 0 Å². The molecule has 2 rings (SSSR count). The molecule has 19 heavy (non-hydrogen) atoms. The minimum Gasteiger partial charge on any atom is -0.326 e. The van der Waals surface area contributed by atoms with Crippen LogP contribution in [0.5, 0.6) is 0 Å². The van der Waals surface area contributed by atoms with Crippen molar-refractivity contribution in [2.24, 2.45) is 0 Å². The van der Waals surface area contributed by atoms with Crippen LogP contribution >= 0.6 is 11.6 Å². The second-order valence-corrected chi connectivity index (χ2v) is 5.47. The molecule has 0 aromatic heterocycles. The standard InChI is InChI=1S/C13H18ClN3O2/c1-2-15-5-7-16(8-6-15)10-11-9-12(17(18)19)3-4-13(11)14/h3-4,9H,2,5-8,10H2,1H3/p+2. The zero-order valence-electron chi connectivity index (χ0n) is 11.1. The molecule has 0 saturated carbocycles. The molecule has 0 radical (unpaired) electrons. The van der Waals surface area contributed by atoms with Gasteiger partial charge in [-0.05, 0) is 13.0 Å². The third kappa shape index (κ3) is 3.65. The third-order valence-electron chi connectivity index (χ3n) is 3.84. The van der Waals surface area contributed by atoms with Gasteiger partial charge in [-0.2, -0.15) is 0 Å². The van der Waals surface area contributed by atoms with E-state index in [2.05, 4.69) is 6.92 Å². The van der Waals surface area contributed by atoms with Gasteiger partial charge < -0.3 is 9.80 Å². The van der Waals surface area contributed by atoms with Gasteiger partial charge >= 0.3 is 0 Å². The van der Waals surface area contributed by atoms with Crippen molar-refractivity contribution in [2.45, 2.75) is 13.5 Å². The molecule has 1 aromatic carbocycles. The van der Waals surface area contributed by atoms with E-state index in [0.29, 0.717) is 5.02 Å². The van der Waals surface area contributed by atoms with Crippen molar-refractivity contribution in [3.63, 3.8) is 0 Å². The van der Waals surface area contributed by atoms with E-state index in [1.165, 1.54) is 30.6 Å². The molecule has 0 aliphatic carbocycles. The first-order valence-corrected chi connectivity index (χ1v) is 7.08. The first kappa shape index (κ1) is 14.2. The van der Waals surface area contributed by atoms with E-state index in [1.807, 2.05) is 0 Å². The van der Waals surface area contributed by atoms with Crippen LogP contribution in [0, 0.1) is 10.1 Å². The summed E-state index contributed by atoms with van der Waals surface area (Å²) in [6.07, 6.45) is 0. The molecule has 0 unspecified atom stereocenters. The van der Waals surface area contributed by atoms with Crippen LogP contribution in [-0.4, -0.2) is 37.6 Å². The van der Waals surface area contributed by atoms with Gasteiger partial charge in [0, 0.05) is 22.7 Å². The SMILES string of the molecule is CC[NH+]1CC[NH+](Cc2cc([N+](=O)[O-])ccc2Cl)CC1. The van der Waals surface area contributed by atoms with Crippen molar-refractivity contribution >= 4 is 17.3 Å². The van der Waals surface area contributed by atoms with Gasteiger partial charge in [0.05, 0.1) is 11.5 Å². The summed E-state index contributed by atoms with van der Waals surface area (Å²) in [5, 5.41) is 11.4. The number of quaternary nitrogens is 2. The number of benzene rings is 1. The summed E-state index contributed by atoms with van der Waals surface area (Å²) in [6.45, 7) is 8.68. The van der Waals surface area contributed by atoms with Crippen LogP contribution in [0.15, 0.2) is 18.2 Å². The lowest BCUT2D eigenvalue weighted by molar-refractivity contribution is -1.02. The Morgan fingerprint density at radius 3 is 2.47 bits per heavy atom. The fourth-order valence-electron chi connectivity index (χ4n) is 2.57. The molecule has 0 bridgehead atoms. The quantitative estimate of drug-likeness (QED) is 0.582. The van der Waals surface area contributed by atoms with Crippen LogP contribution in [-0.2, 0) is 6.54 Å². The van der Waals surface area contributed by atoms with E-state index in [4.69, 9.17) is 11.6 Å². The number of hydrogen-bond acceptors (Lipinski definition) is 2. The normalized spacial score (nSPS) is 23.3. The summed E-state index contributed by atoms with van der Waals surface area (Å²) in [5.41, 5.74) is 1.00. The van der Waals surface area contributed by atoms with Gasteiger partial charge in [0.25, 0.3) is 5.69 Å². The fourth-order valence-corrected chi connectivity index (χ4v) is 2.75. The molecule has 1 aliphatic rings. The molecule has 1 heterocycles. The Bertz CT molecular complexity index is 459. The lowest BCUT2D eigenvalue weighted by atomic mass is 10.1. The summed E-state index contributed by atoms with van der Waals surface area (Å²) < 4.78 is 0. The monoisotopic (exact) mass is 285 g/mol. The highest BCUT2D eigenvalue weighted by Crippen LogP contribution is 2.21. The van der Waals surface area contributed by atoms with Gasteiger partial charge in [-0.15, -0.1) is 0 Å². The second kappa shape index (κ2) is 6.32. The Kier molecular flexibility index (Phi) is 4.74. The largest absolute Gasteiger partial charge is 0.326 e. The van der Waals surface area contributed by atoms with Crippen molar-refractivity contribution in [1.82, 2.24) is 0 Å². The van der Waals surface area contributed by atoms with Gasteiger partial charge in [0.2, 0.25) is 0 Å². The number of nitro benzene ring substituents is 1.